The zero-order valence-electron chi connectivity index (χ0n) is 11.6. The van der Waals surface area contributed by atoms with Crippen molar-refractivity contribution in [2.45, 2.75) is 32.9 Å². The fourth-order valence-corrected chi connectivity index (χ4v) is 2.11. The number of hydrogen-bond acceptors (Lipinski definition) is 3. The van der Waals surface area contributed by atoms with Gasteiger partial charge in [-0.25, -0.2) is 0 Å². The summed E-state index contributed by atoms with van der Waals surface area (Å²) in [7, 11) is 1.90. The number of amides is 1. The molecule has 2 N–H and O–H groups in total. The number of hydrogen-bond donors (Lipinski definition) is 2. The molecule has 0 fully saturated rings. The van der Waals surface area contributed by atoms with Crippen molar-refractivity contribution in [1.29, 1.82) is 0 Å². The first-order valence-corrected chi connectivity index (χ1v) is 7.25. The normalized spacial score (nSPS) is 12.0. The Labute approximate surface area is 123 Å². The molecule has 0 aromatic heterocycles. The largest absolute Gasteiger partial charge is 0.480 e. The van der Waals surface area contributed by atoms with Crippen molar-refractivity contribution in [3.8, 4) is 5.75 Å². The summed E-state index contributed by atoms with van der Waals surface area (Å²) in [5, 5.41) is 5.90. The van der Waals surface area contributed by atoms with Crippen molar-refractivity contribution in [3.63, 3.8) is 0 Å². The van der Waals surface area contributed by atoms with Crippen LogP contribution in [0.5, 0.6) is 5.75 Å². The van der Waals surface area contributed by atoms with Gasteiger partial charge in [0.25, 0.3) is 5.91 Å². The van der Waals surface area contributed by atoms with E-state index in [1.54, 1.807) is 6.92 Å². The van der Waals surface area contributed by atoms with Crippen LogP contribution in [-0.4, -0.2) is 25.6 Å². The SMILES string of the molecule is CCCNC(=O)C(C)Oc1ccc(CNC)cc1Br. The molecule has 4 nitrogen and oxygen atoms in total. The van der Waals surface area contributed by atoms with Crippen LogP contribution in [0, 0.1) is 0 Å². The van der Waals surface area contributed by atoms with Crippen molar-refractivity contribution < 1.29 is 9.53 Å². The monoisotopic (exact) mass is 328 g/mol. The van der Waals surface area contributed by atoms with Gasteiger partial charge < -0.3 is 15.4 Å². The van der Waals surface area contributed by atoms with E-state index in [2.05, 4.69) is 26.6 Å². The summed E-state index contributed by atoms with van der Waals surface area (Å²) >= 11 is 3.46. The maximum atomic E-state index is 11.7. The highest BCUT2D eigenvalue weighted by atomic mass is 79.9. The van der Waals surface area contributed by atoms with Crippen LogP contribution >= 0.6 is 15.9 Å². The van der Waals surface area contributed by atoms with Crippen LogP contribution in [0.15, 0.2) is 22.7 Å². The minimum atomic E-state index is -0.502. The van der Waals surface area contributed by atoms with E-state index in [0.717, 1.165) is 23.0 Å². The van der Waals surface area contributed by atoms with Gasteiger partial charge in [0, 0.05) is 13.1 Å². The van der Waals surface area contributed by atoms with E-state index in [-0.39, 0.29) is 5.91 Å². The first-order chi connectivity index (χ1) is 9.08. The van der Waals surface area contributed by atoms with Gasteiger partial charge >= 0.3 is 0 Å². The van der Waals surface area contributed by atoms with Crippen LogP contribution in [-0.2, 0) is 11.3 Å². The van der Waals surface area contributed by atoms with E-state index in [1.165, 1.54) is 0 Å². The number of halogens is 1. The summed E-state index contributed by atoms with van der Waals surface area (Å²) in [4.78, 5) is 11.7. The lowest BCUT2D eigenvalue weighted by Gasteiger charge is -2.16. The smallest absolute Gasteiger partial charge is 0.260 e. The zero-order valence-corrected chi connectivity index (χ0v) is 13.2. The van der Waals surface area contributed by atoms with Crippen molar-refractivity contribution in [2.75, 3.05) is 13.6 Å². The summed E-state index contributed by atoms with van der Waals surface area (Å²) in [5.41, 5.74) is 1.16. The number of ether oxygens (including phenoxy) is 1. The van der Waals surface area contributed by atoms with E-state index in [0.29, 0.717) is 12.3 Å². The Bertz CT molecular complexity index is 424. The van der Waals surface area contributed by atoms with Gasteiger partial charge in [0.1, 0.15) is 5.75 Å². The molecule has 0 aliphatic carbocycles. The molecule has 1 aromatic carbocycles. The molecule has 1 rings (SSSR count). The molecule has 0 bridgehead atoms. The maximum Gasteiger partial charge on any atom is 0.260 e. The molecule has 1 amide bonds. The molecule has 106 valence electrons. The fourth-order valence-electron chi connectivity index (χ4n) is 1.59. The average Bonchev–Trinajstić information content (AvgIpc) is 2.39. The van der Waals surface area contributed by atoms with Crippen LogP contribution in [0.1, 0.15) is 25.8 Å². The first kappa shape index (κ1) is 16.0. The highest BCUT2D eigenvalue weighted by molar-refractivity contribution is 9.10. The Hall–Kier alpha value is -1.07. The van der Waals surface area contributed by atoms with Crippen LogP contribution < -0.4 is 15.4 Å². The quantitative estimate of drug-likeness (QED) is 0.808. The lowest BCUT2D eigenvalue weighted by Crippen LogP contribution is -2.36. The van der Waals surface area contributed by atoms with E-state index in [1.807, 2.05) is 32.2 Å². The van der Waals surface area contributed by atoms with Crippen molar-refractivity contribution in [3.05, 3.63) is 28.2 Å². The first-order valence-electron chi connectivity index (χ1n) is 6.45. The lowest BCUT2D eigenvalue weighted by atomic mass is 10.2. The van der Waals surface area contributed by atoms with Crippen LogP contribution in [0.2, 0.25) is 0 Å². The molecule has 0 saturated heterocycles. The molecular weight excluding hydrogens is 308 g/mol. The van der Waals surface area contributed by atoms with Crippen LogP contribution in [0.25, 0.3) is 0 Å². The molecule has 1 atom stereocenters. The summed E-state index contributed by atoms with van der Waals surface area (Å²) in [6, 6.07) is 5.84. The molecule has 0 aliphatic heterocycles. The minimum absolute atomic E-state index is 0.0898. The zero-order chi connectivity index (χ0) is 14.3. The third-order valence-corrected chi connectivity index (χ3v) is 3.22. The lowest BCUT2D eigenvalue weighted by molar-refractivity contribution is -0.127. The summed E-state index contributed by atoms with van der Waals surface area (Å²) in [6.45, 7) is 5.24. The Kier molecular flexibility index (Phi) is 6.87. The molecule has 0 heterocycles. The average molecular weight is 329 g/mol. The van der Waals surface area contributed by atoms with E-state index >= 15 is 0 Å². The second kappa shape index (κ2) is 8.17. The Morgan fingerprint density at radius 2 is 2.21 bits per heavy atom. The Morgan fingerprint density at radius 3 is 2.79 bits per heavy atom. The van der Waals surface area contributed by atoms with Gasteiger partial charge in [-0.05, 0) is 54.0 Å². The number of nitrogens with one attached hydrogen (secondary N) is 2. The summed E-state index contributed by atoms with van der Waals surface area (Å²) < 4.78 is 6.51. The second-order valence-corrected chi connectivity index (χ2v) is 5.20. The highest BCUT2D eigenvalue weighted by Gasteiger charge is 2.15. The standard InChI is InChI=1S/C14H21BrN2O2/c1-4-7-17-14(18)10(2)19-13-6-5-11(9-16-3)8-12(13)15/h5-6,8,10,16H,4,7,9H2,1-3H3,(H,17,18). The fraction of sp³-hybridized carbons (Fsp3) is 0.500. The molecule has 0 saturated carbocycles. The summed E-state index contributed by atoms with van der Waals surface area (Å²) in [6.07, 6.45) is 0.416. The van der Waals surface area contributed by atoms with E-state index < -0.39 is 6.10 Å². The molecule has 0 spiro atoms. The molecule has 0 radical (unpaired) electrons. The second-order valence-electron chi connectivity index (χ2n) is 4.35. The van der Waals surface area contributed by atoms with Gasteiger partial charge in [0.05, 0.1) is 4.47 Å². The molecule has 1 unspecified atom stereocenters. The number of rotatable bonds is 7. The maximum absolute atomic E-state index is 11.7. The van der Waals surface area contributed by atoms with Gasteiger partial charge in [-0.15, -0.1) is 0 Å². The molecular formula is C14H21BrN2O2. The Balaban J connectivity index is 2.63. The van der Waals surface area contributed by atoms with Gasteiger partial charge in [0.2, 0.25) is 0 Å². The van der Waals surface area contributed by atoms with Crippen LogP contribution in [0.3, 0.4) is 0 Å². The number of carbonyl (C=O) groups is 1. The molecule has 19 heavy (non-hydrogen) atoms. The van der Waals surface area contributed by atoms with Crippen molar-refractivity contribution in [1.82, 2.24) is 10.6 Å². The van der Waals surface area contributed by atoms with Crippen molar-refractivity contribution >= 4 is 21.8 Å². The topological polar surface area (TPSA) is 50.4 Å². The van der Waals surface area contributed by atoms with Gasteiger partial charge in [0.15, 0.2) is 6.10 Å². The molecule has 1 aromatic rings. The van der Waals surface area contributed by atoms with E-state index in [4.69, 9.17) is 4.74 Å². The van der Waals surface area contributed by atoms with Gasteiger partial charge in [-0.2, -0.15) is 0 Å². The predicted octanol–water partition coefficient (Wildman–Crippen LogP) is 2.46. The number of benzene rings is 1. The van der Waals surface area contributed by atoms with Gasteiger partial charge in [-0.3, -0.25) is 4.79 Å². The predicted molar refractivity (Wildman–Crippen MR) is 80.3 cm³/mol. The molecule has 0 aliphatic rings. The Morgan fingerprint density at radius 1 is 1.47 bits per heavy atom. The third kappa shape index (κ3) is 5.20. The molecule has 5 heteroatoms. The number of carbonyl (C=O) groups excluding carboxylic acids is 1. The van der Waals surface area contributed by atoms with Gasteiger partial charge in [-0.1, -0.05) is 13.0 Å². The summed E-state index contributed by atoms with van der Waals surface area (Å²) in [5.74, 6) is 0.590. The van der Waals surface area contributed by atoms with E-state index in [9.17, 15) is 4.79 Å². The highest BCUT2D eigenvalue weighted by Crippen LogP contribution is 2.26. The van der Waals surface area contributed by atoms with Crippen molar-refractivity contribution in [2.24, 2.45) is 0 Å². The van der Waals surface area contributed by atoms with Crippen LogP contribution in [0.4, 0.5) is 0 Å². The third-order valence-electron chi connectivity index (χ3n) is 2.60. The minimum Gasteiger partial charge on any atom is -0.480 e.